The van der Waals surface area contributed by atoms with E-state index < -0.39 is 0 Å². The van der Waals surface area contributed by atoms with Gasteiger partial charge >= 0.3 is 0 Å². The summed E-state index contributed by atoms with van der Waals surface area (Å²) in [5, 5.41) is 0. The first-order valence-corrected chi connectivity index (χ1v) is 18.4. The average molecular weight is 729 g/mol. The lowest BCUT2D eigenvalue weighted by atomic mass is 10.1. The molecule has 5 aromatic carbocycles. The van der Waals surface area contributed by atoms with Crippen molar-refractivity contribution in [3.63, 3.8) is 0 Å². The Balaban J connectivity index is 1.24. The second-order valence-electron chi connectivity index (χ2n) is 13.8. The Morgan fingerprint density at radius 1 is 0.339 bits per heavy atom. The van der Waals surface area contributed by atoms with Crippen molar-refractivity contribution in [3.05, 3.63) is 157 Å². The minimum atomic E-state index is 0.152. The van der Waals surface area contributed by atoms with Crippen molar-refractivity contribution in [2.24, 2.45) is 0 Å². The van der Waals surface area contributed by atoms with Crippen molar-refractivity contribution < 1.29 is 0 Å². The molecule has 0 radical (unpaired) electrons. The summed E-state index contributed by atoms with van der Waals surface area (Å²) in [7, 11) is 0. The highest BCUT2D eigenvalue weighted by atomic mass is 15.1. The van der Waals surface area contributed by atoms with Gasteiger partial charge in [0.15, 0.2) is 46.5 Å². The van der Waals surface area contributed by atoms with Gasteiger partial charge in [-0.25, -0.2) is 49.7 Å². The third-order valence-corrected chi connectivity index (χ3v) is 9.05. The van der Waals surface area contributed by atoms with Crippen molar-refractivity contribution >= 4 is 5.69 Å². The van der Waals surface area contributed by atoms with Crippen molar-refractivity contribution in [2.75, 3.05) is 0 Å². The van der Waals surface area contributed by atoms with Crippen LogP contribution in [0.2, 0.25) is 0 Å². The van der Waals surface area contributed by atoms with Crippen molar-refractivity contribution in [3.8, 4) is 79.7 Å². The Morgan fingerprint density at radius 2 is 0.643 bits per heavy atom. The zero-order chi connectivity index (χ0) is 38.6. The molecule has 0 bridgehead atoms. The van der Waals surface area contributed by atoms with Crippen LogP contribution in [0.25, 0.3) is 84.6 Å². The third-order valence-electron chi connectivity index (χ3n) is 9.05. The van der Waals surface area contributed by atoms with Crippen LogP contribution in [0.15, 0.2) is 133 Å². The van der Waals surface area contributed by atoms with Crippen LogP contribution in [-0.2, 0) is 0 Å². The Labute approximate surface area is 325 Å². The third kappa shape index (κ3) is 7.65. The zero-order valence-corrected chi connectivity index (χ0v) is 31.3. The fraction of sp³-hybridized carbons (Fsp3) is 0.130. The molecule has 8 rings (SSSR count). The van der Waals surface area contributed by atoms with Crippen molar-refractivity contribution in [1.82, 2.24) is 44.9 Å². The first kappa shape index (κ1) is 35.6. The molecule has 0 amide bonds. The zero-order valence-electron chi connectivity index (χ0n) is 31.3. The molecule has 0 saturated heterocycles. The van der Waals surface area contributed by atoms with Crippen LogP contribution < -0.4 is 0 Å². The lowest BCUT2D eigenvalue weighted by Crippen LogP contribution is -2.08. The smallest absolute Gasteiger partial charge is 0.187 e. The minimum absolute atomic E-state index is 0.152. The van der Waals surface area contributed by atoms with Gasteiger partial charge in [0.1, 0.15) is 11.6 Å². The molecule has 3 aromatic heterocycles. The fourth-order valence-corrected chi connectivity index (χ4v) is 6.04. The molecule has 0 N–H and O–H groups in total. The van der Waals surface area contributed by atoms with Gasteiger partial charge in [-0.2, -0.15) is 0 Å². The van der Waals surface area contributed by atoms with E-state index in [1.54, 1.807) is 12.1 Å². The Bertz CT molecular complexity index is 2680. The highest BCUT2D eigenvalue weighted by Gasteiger charge is 2.18. The fourth-order valence-electron chi connectivity index (χ4n) is 6.04. The van der Waals surface area contributed by atoms with Gasteiger partial charge in [-0.15, -0.1) is 0 Å². The molecule has 56 heavy (non-hydrogen) atoms. The molecule has 270 valence electrons. The second-order valence-corrected chi connectivity index (χ2v) is 13.8. The van der Waals surface area contributed by atoms with E-state index in [4.69, 9.17) is 51.4 Å². The van der Waals surface area contributed by atoms with Crippen molar-refractivity contribution in [2.45, 2.75) is 39.5 Å². The Hall–Kier alpha value is -7.38. The van der Waals surface area contributed by atoms with Gasteiger partial charge in [-0.05, 0) is 12.1 Å². The molecule has 0 saturated carbocycles. The van der Waals surface area contributed by atoms with Gasteiger partial charge in [0.05, 0.1) is 6.57 Å². The van der Waals surface area contributed by atoms with Gasteiger partial charge in [-0.3, -0.25) is 0 Å². The van der Waals surface area contributed by atoms with Crippen LogP contribution in [0.1, 0.15) is 51.2 Å². The molecule has 0 aliphatic heterocycles. The Kier molecular flexibility index (Phi) is 9.89. The highest BCUT2D eigenvalue weighted by molar-refractivity contribution is 5.74. The first-order valence-electron chi connectivity index (χ1n) is 18.4. The molecule has 0 fully saturated rings. The molecule has 3 heterocycles. The minimum Gasteiger partial charge on any atom is -0.238 e. The lowest BCUT2D eigenvalue weighted by molar-refractivity contribution is 0.697. The maximum Gasteiger partial charge on any atom is 0.187 e. The summed E-state index contributed by atoms with van der Waals surface area (Å²) in [6, 6.07) is 42.8. The van der Waals surface area contributed by atoms with Crippen LogP contribution in [0.3, 0.4) is 0 Å². The maximum atomic E-state index is 7.37. The summed E-state index contributed by atoms with van der Waals surface area (Å²) in [4.78, 5) is 47.7. The molecule has 0 unspecified atom stereocenters. The van der Waals surface area contributed by atoms with Gasteiger partial charge in [0.25, 0.3) is 0 Å². The van der Waals surface area contributed by atoms with E-state index >= 15 is 0 Å². The predicted octanol–water partition coefficient (Wildman–Crippen LogP) is 10.7. The topological polar surface area (TPSA) is 120 Å². The maximum absolute atomic E-state index is 7.37. The summed E-state index contributed by atoms with van der Waals surface area (Å²) >= 11 is 0. The number of rotatable bonds is 9. The molecule has 10 heteroatoms. The lowest BCUT2D eigenvalue weighted by Gasteiger charge is -2.12. The van der Waals surface area contributed by atoms with E-state index in [2.05, 4.69) is 32.5 Å². The van der Waals surface area contributed by atoms with Crippen LogP contribution in [0.4, 0.5) is 5.69 Å². The number of nitrogens with zero attached hydrogens (tertiary/aromatic N) is 10. The number of aromatic nitrogens is 9. The van der Waals surface area contributed by atoms with E-state index in [0.29, 0.717) is 46.5 Å². The van der Waals surface area contributed by atoms with E-state index in [9.17, 15) is 0 Å². The normalized spacial score (nSPS) is 11.2. The summed E-state index contributed by atoms with van der Waals surface area (Å²) in [6.45, 7) is 15.7. The molecular weight excluding hydrogens is 693 g/mol. The summed E-state index contributed by atoms with van der Waals surface area (Å²) in [5.41, 5.74) is 6.24. The number of benzene rings is 5. The van der Waals surface area contributed by atoms with Crippen LogP contribution in [0, 0.1) is 6.57 Å². The summed E-state index contributed by atoms with van der Waals surface area (Å²) < 4.78 is 0. The van der Waals surface area contributed by atoms with E-state index in [1.165, 1.54) is 0 Å². The molecule has 0 spiro atoms. The second kappa shape index (κ2) is 15.5. The monoisotopic (exact) mass is 728 g/mol. The largest absolute Gasteiger partial charge is 0.238 e. The predicted molar refractivity (Wildman–Crippen MR) is 219 cm³/mol. The summed E-state index contributed by atoms with van der Waals surface area (Å²) in [5.74, 6) is 5.54. The first-order chi connectivity index (χ1) is 27.3. The number of hydrogen-bond donors (Lipinski definition) is 0. The average Bonchev–Trinajstić information content (AvgIpc) is 3.26. The van der Waals surface area contributed by atoms with Crippen molar-refractivity contribution in [1.29, 1.82) is 0 Å². The van der Waals surface area contributed by atoms with Crippen LogP contribution in [0.5, 0.6) is 0 Å². The van der Waals surface area contributed by atoms with Gasteiger partial charge in [0.2, 0.25) is 0 Å². The molecule has 0 aliphatic rings. The van der Waals surface area contributed by atoms with E-state index in [0.717, 1.165) is 50.6 Å². The molecule has 0 atom stereocenters. The van der Waals surface area contributed by atoms with Gasteiger partial charge in [0, 0.05) is 50.8 Å². The van der Waals surface area contributed by atoms with Gasteiger partial charge < -0.3 is 0 Å². The van der Waals surface area contributed by atoms with E-state index in [-0.39, 0.29) is 11.8 Å². The van der Waals surface area contributed by atoms with Crippen LogP contribution in [-0.4, -0.2) is 44.9 Å². The van der Waals surface area contributed by atoms with E-state index in [1.807, 2.05) is 121 Å². The van der Waals surface area contributed by atoms with Gasteiger partial charge in [-0.1, -0.05) is 149 Å². The molecule has 8 aromatic rings. The summed E-state index contributed by atoms with van der Waals surface area (Å²) in [6.07, 6.45) is 0. The quantitative estimate of drug-likeness (QED) is 0.134. The standard InChI is InChI=1S/C46H36N10/c1-28(2)38-48-39(29(3)4)50-43(49-38)33-18-12-20-35(26-33)45-53-41(31-16-10-7-11-17-31)54-46(56-45)36-21-13-19-34(27-36)44-52-40(30-14-8-6-9-15-30)51-42(55-44)32-22-24-37(47-5)25-23-32/h6-29H,1-4H3. The van der Waals surface area contributed by atoms with Crippen LogP contribution >= 0.6 is 0 Å². The number of hydrogen-bond acceptors (Lipinski definition) is 9. The molecule has 10 nitrogen and oxygen atoms in total. The Morgan fingerprint density at radius 3 is 0.982 bits per heavy atom. The highest BCUT2D eigenvalue weighted by Crippen LogP contribution is 2.31. The molecule has 0 aliphatic carbocycles. The molecular formula is C46H36N10. The SMILES string of the molecule is [C-]#[N+]c1ccc(-c2nc(-c3ccccc3)nc(-c3cccc(-c4nc(-c5ccccc5)nc(-c5cccc(-c6nc(C(C)C)nc(C(C)C)n6)c5)n4)c3)n2)cc1.